The molecule has 0 bridgehead atoms. The number of para-hydroxylation sites is 1. The van der Waals surface area contributed by atoms with Crippen molar-refractivity contribution in [1.29, 1.82) is 0 Å². The number of nitrogens with zero attached hydrogens (tertiary/aromatic N) is 2. The maximum atomic E-state index is 5.89. The number of hydrogen-bond acceptors (Lipinski definition) is 6. The summed E-state index contributed by atoms with van der Waals surface area (Å²) >= 11 is 0. The van der Waals surface area contributed by atoms with Gasteiger partial charge in [-0.2, -0.15) is 0 Å². The van der Waals surface area contributed by atoms with Crippen LogP contribution in [0.15, 0.2) is 42.9 Å². The van der Waals surface area contributed by atoms with Crippen LogP contribution in [0.1, 0.15) is 5.56 Å². The molecule has 0 saturated carbocycles. The Morgan fingerprint density at radius 1 is 1.12 bits per heavy atom. The van der Waals surface area contributed by atoms with Gasteiger partial charge in [-0.3, -0.25) is 11.5 Å². The third-order valence-corrected chi connectivity index (χ3v) is 2.21. The van der Waals surface area contributed by atoms with Crippen molar-refractivity contribution in [2.45, 2.75) is 5.85 Å². The van der Waals surface area contributed by atoms with E-state index in [4.69, 9.17) is 21.9 Å². The fourth-order valence-electron chi connectivity index (χ4n) is 1.42. The molecule has 1 heterocycles. The standard InChI is InChI=1S/C11H13N5O/c12-9-4-2-1-3-8(9)11(13,14)17-10-5-6-15-7-16-10/h1-7H,12-14H2. The second-order valence-electron chi connectivity index (χ2n) is 3.53. The molecule has 0 saturated heterocycles. The van der Waals surface area contributed by atoms with E-state index >= 15 is 0 Å². The molecule has 0 radical (unpaired) electrons. The first-order valence-corrected chi connectivity index (χ1v) is 4.97. The summed E-state index contributed by atoms with van der Waals surface area (Å²) in [5.74, 6) is -1.24. The zero-order chi connectivity index (χ0) is 12.3. The van der Waals surface area contributed by atoms with Crippen LogP contribution in [0.4, 0.5) is 5.69 Å². The van der Waals surface area contributed by atoms with Gasteiger partial charge >= 0.3 is 0 Å². The Morgan fingerprint density at radius 2 is 1.88 bits per heavy atom. The number of nitrogen functional groups attached to an aromatic ring is 1. The molecule has 0 aliphatic heterocycles. The molecule has 1 aromatic heterocycles. The fraction of sp³-hybridized carbons (Fsp3) is 0.0909. The molecule has 6 heteroatoms. The van der Waals surface area contributed by atoms with E-state index in [0.717, 1.165) is 0 Å². The maximum absolute atomic E-state index is 5.89. The van der Waals surface area contributed by atoms with Crippen LogP contribution in [0.3, 0.4) is 0 Å². The molecule has 17 heavy (non-hydrogen) atoms. The van der Waals surface area contributed by atoms with Gasteiger partial charge in [0.25, 0.3) is 0 Å². The zero-order valence-corrected chi connectivity index (χ0v) is 9.08. The van der Waals surface area contributed by atoms with Crippen molar-refractivity contribution in [3.63, 3.8) is 0 Å². The van der Waals surface area contributed by atoms with Gasteiger partial charge in [0.2, 0.25) is 11.7 Å². The number of ether oxygens (including phenoxy) is 1. The molecule has 0 spiro atoms. The minimum absolute atomic E-state index is 0.285. The third-order valence-electron chi connectivity index (χ3n) is 2.21. The highest BCUT2D eigenvalue weighted by Crippen LogP contribution is 2.22. The summed E-state index contributed by atoms with van der Waals surface area (Å²) in [6.45, 7) is 0. The number of anilines is 1. The van der Waals surface area contributed by atoms with Crippen molar-refractivity contribution in [3.8, 4) is 5.88 Å². The first kappa shape index (κ1) is 11.3. The third kappa shape index (κ3) is 2.49. The fourth-order valence-corrected chi connectivity index (χ4v) is 1.42. The lowest BCUT2D eigenvalue weighted by Gasteiger charge is -2.26. The minimum Gasteiger partial charge on any atom is -0.438 e. The summed E-state index contributed by atoms with van der Waals surface area (Å²) in [7, 11) is 0. The molecule has 0 atom stereocenters. The largest absolute Gasteiger partial charge is 0.438 e. The van der Waals surface area contributed by atoms with Gasteiger partial charge in [0.05, 0.1) is 0 Å². The molecule has 6 N–H and O–H groups in total. The quantitative estimate of drug-likeness (QED) is 0.512. The Morgan fingerprint density at radius 3 is 2.53 bits per heavy atom. The predicted molar refractivity (Wildman–Crippen MR) is 63.6 cm³/mol. The number of benzene rings is 1. The first-order valence-electron chi connectivity index (χ1n) is 4.97. The van der Waals surface area contributed by atoms with Crippen LogP contribution in [0.25, 0.3) is 0 Å². The minimum atomic E-state index is -1.53. The highest BCUT2D eigenvalue weighted by Gasteiger charge is 2.26. The lowest BCUT2D eigenvalue weighted by atomic mass is 10.1. The van der Waals surface area contributed by atoms with Crippen molar-refractivity contribution >= 4 is 5.69 Å². The van der Waals surface area contributed by atoms with Crippen molar-refractivity contribution in [1.82, 2.24) is 9.97 Å². The summed E-state index contributed by atoms with van der Waals surface area (Å²) in [5, 5.41) is 0. The predicted octanol–water partition coefficient (Wildman–Crippen LogP) is 0.165. The van der Waals surface area contributed by atoms with Crippen molar-refractivity contribution in [2.75, 3.05) is 5.73 Å². The van der Waals surface area contributed by atoms with Crippen molar-refractivity contribution in [2.24, 2.45) is 11.5 Å². The second kappa shape index (κ2) is 4.36. The molecular formula is C11H13N5O. The van der Waals surface area contributed by atoms with Crippen LogP contribution < -0.4 is 21.9 Å². The average Bonchev–Trinajstić information content (AvgIpc) is 2.30. The van der Waals surface area contributed by atoms with Crippen LogP contribution in [0, 0.1) is 0 Å². The second-order valence-corrected chi connectivity index (χ2v) is 3.53. The lowest BCUT2D eigenvalue weighted by Crippen LogP contribution is -2.51. The summed E-state index contributed by atoms with van der Waals surface area (Å²) < 4.78 is 5.39. The summed E-state index contributed by atoms with van der Waals surface area (Å²) in [5.41, 5.74) is 18.5. The van der Waals surface area contributed by atoms with Crippen LogP contribution in [0.2, 0.25) is 0 Å². The summed E-state index contributed by atoms with van der Waals surface area (Å²) in [6, 6.07) is 8.54. The molecule has 0 aliphatic rings. The van der Waals surface area contributed by atoms with Crippen molar-refractivity contribution in [3.05, 3.63) is 48.4 Å². The number of nitrogens with two attached hydrogens (primary N) is 3. The SMILES string of the molecule is Nc1ccccc1C(N)(N)Oc1ccncn1. The zero-order valence-electron chi connectivity index (χ0n) is 9.08. The van der Waals surface area contributed by atoms with E-state index in [9.17, 15) is 0 Å². The van der Waals surface area contributed by atoms with Gasteiger partial charge in [0, 0.05) is 23.5 Å². The van der Waals surface area contributed by atoms with Gasteiger partial charge in [-0.1, -0.05) is 18.2 Å². The Kier molecular flexibility index (Phi) is 2.90. The summed E-state index contributed by atoms with van der Waals surface area (Å²) in [4.78, 5) is 7.65. The smallest absolute Gasteiger partial charge is 0.243 e. The van der Waals surface area contributed by atoms with E-state index in [1.807, 2.05) is 0 Å². The molecule has 2 rings (SSSR count). The van der Waals surface area contributed by atoms with Crippen molar-refractivity contribution < 1.29 is 4.74 Å². The van der Waals surface area contributed by atoms with E-state index in [1.165, 1.54) is 12.5 Å². The topological polar surface area (TPSA) is 113 Å². The highest BCUT2D eigenvalue weighted by atomic mass is 16.5. The molecule has 0 unspecified atom stereocenters. The first-order chi connectivity index (χ1) is 8.09. The Hall–Kier alpha value is -2.18. The van der Waals surface area contributed by atoms with Crippen LogP contribution in [-0.4, -0.2) is 9.97 Å². The molecule has 0 fully saturated rings. The molecule has 0 amide bonds. The van der Waals surface area contributed by atoms with Crippen LogP contribution in [0.5, 0.6) is 5.88 Å². The number of aromatic nitrogens is 2. The monoisotopic (exact) mass is 231 g/mol. The van der Waals surface area contributed by atoms with Gasteiger partial charge in [-0.05, 0) is 6.07 Å². The Bertz CT molecular complexity index is 500. The molecule has 2 aromatic rings. The molecule has 6 nitrogen and oxygen atoms in total. The molecule has 1 aromatic carbocycles. The lowest BCUT2D eigenvalue weighted by molar-refractivity contribution is 0.0755. The maximum Gasteiger partial charge on any atom is 0.243 e. The average molecular weight is 231 g/mol. The Labute approximate surface area is 98.4 Å². The highest BCUT2D eigenvalue weighted by molar-refractivity contribution is 5.49. The Balaban J connectivity index is 2.28. The van der Waals surface area contributed by atoms with E-state index in [1.54, 1.807) is 30.3 Å². The normalized spacial score (nSPS) is 11.2. The van der Waals surface area contributed by atoms with E-state index in [-0.39, 0.29) is 5.88 Å². The molecule has 88 valence electrons. The van der Waals surface area contributed by atoms with Gasteiger partial charge in [0.1, 0.15) is 6.33 Å². The number of rotatable bonds is 3. The van der Waals surface area contributed by atoms with Gasteiger partial charge in [0.15, 0.2) is 0 Å². The van der Waals surface area contributed by atoms with Gasteiger partial charge in [-0.15, -0.1) is 0 Å². The molecular weight excluding hydrogens is 218 g/mol. The van der Waals surface area contributed by atoms with Crippen LogP contribution >= 0.6 is 0 Å². The van der Waals surface area contributed by atoms with Gasteiger partial charge < -0.3 is 10.5 Å². The molecule has 0 aliphatic carbocycles. The number of hydrogen-bond donors (Lipinski definition) is 3. The van der Waals surface area contributed by atoms with E-state index in [0.29, 0.717) is 11.3 Å². The van der Waals surface area contributed by atoms with Crippen LogP contribution in [-0.2, 0) is 5.85 Å². The van der Waals surface area contributed by atoms with E-state index in [2.05, 4.69) is 9.97 Å². The van der Waals surface area contributed by atoms with E-state index < -0.39 is 5.85 Å². The van der Waals surface area contributed by atoms with Gasteiger partial charge in [-0.25, -0.2) is 9.97 Å². The summed E-state index contributed by atoms with van der Waals surface area (Å²) in [6.07, 6.45) is 2.88.